The van der Waals surface area contributed by atoms with E-state index in [1.54, 1.807) is 13.0 Å². The van der Waals surface area contributed by atoms with Gasteiger partial charge < -0.3 is 4.74 Å². The van der Waals surface area contributed by atoms with E-state index in [1.165, 1.54) is 0 Å². The second-order valence-electron chi connectivity index (χ2n) is 5.50. The summed E-state index contributed by atoms with van der Waals surface area (Å²) in [7, 11) is 0. The summed E-state index contributed by atoms with van der Waals surface area (Å²) in [6.07, 6.45) is 0.525. The molecule has 0 unspecified atom stereocenters. The molecule has 21 heavy (non-hydrogen) atoms. The van der Waals surface area contributed by atoms with Crippen molar-refractivity contribution in [3.05, 3.63) is 29.8 Å². The number of carbonyl (C=O) groups excluding carboxylic acids is 1. The standard InChI is InChI=1S/C17H24N2O2/c1-14(2)13-19(10-6-9-18)11-12-21-17-8-5-4-7-16(17)15(3)20/h4-5,7-8,14H,6,10-13H2,1-3H3. The first kappa shape index (κ1) is 17.2. The lowest BCUT2D eigenvalue weighted by molar-refractivity contribution is 0.101. The first-order valence-electron chi connectivity index (χ1n) is 7.36. The first-order valence-corrected chi connectivity index (χ1v) is 7.36. The number of benzene rings is 1. The fraction of sp³-hybridized carbons (Fsp3) is 0.529. The number of ether oxygens (including phenoxy) is 1. The number of ketones is 1. The van der Waals surface area contributed by atoms with Gasteiger partial charge in [-0.3, -0.25) is 9.69 Å². The molecule has 0 aliphatic carbocycles. The minimum absolute atomic E-state index is 0.00844. The van der Waals surface area contributed by atoms with Gasteiger partial charge in [0.2, 0.25) is 0 Å². The van der Waals surface area contributed by atoms with Gasteiger partial charge in [0, 0.05) is 26.1 Å². The lowest BCUT2D eigenvalue weighted by Gasteiger charge is -2.23. The highest BCUT2D eigenvalue weighted by atomic mass is 16.5. The number of nitriles is 1. The molecule has 1 aromatic rings. The highest BCUT2D eigenvalue weighted by molar-refractivity contribution is 5.96. The predicted molar refractivity (Wildman–Crippen MR) is 83.4 cm³/mol. The number of rotatable bonds is 9. The molecular weight excluding hydrogens is 264 g/mol. The van der Waals surface area contributed by atoms with Gasteiger partial charge >= 0.3 is 0 Å². The van der Waals surface area contributed by atoms with Crippen LogP contribution in [0.2, 0.25) is 0 Å². The van der Waals surface area contributed by atoms with E-state index >= 15 is 0 Å². The number of para-hydroxylation sites is 1. The quantitative estimate of drug-likeness (QED) is 0.655. The average molecular weight is 288 g/mol. The van der Waals surface area contributed by atoms with Crippen molar-refractivity contribution in [3.8, 4) is 11.8 Å². The summed E-state index contributed by atoms with van der Waals surface area (Å²) in [5.41, 5.74) is 0.616. The number of hydrogen-bond donors (Lipinski definition) is 0. The third-order valence-electron chi connectivity index (χ3n) is 3.09. The van der Waals surface area contributed by atoms with Crippen LogP contribution in [-0.2, 0) is 0 Å². The maximum Gasteiger partial charge on any atom is 0.163 e. The van der Waals surface area contributed by atoms with Crippen LogP contribution in [0.3, 0.4) is 0 Å². The number of hydrogen-bond acceptors (Lipinski definition) is 4. The molecule has 0 bridgehead atoms. The zero-order valence-electron chi connectivity index (χ0n) is 13.1. The summed E-state index contributed by atoms with van der Waals surface area (Å²) < 4.78 is 5.75. The Bertz CT molecular complexity index is 492. The lowest BCUT2D eigenvalue weighted by atomic mass is 10.1. The Hall–Kier alpha value is -1.86. The van der Waals surface area contributed by atoms with Crippen LogP contribution in [0, 0.1) is 17.2 Å². The molecule has 0 N–H and O–H groups in total. The Balaban J connectivity index is 2.53. The van der Waals surface area contributed by atoms with Crippen LogP contribution in [-0.4, -0.2) is 36.9 Å². The summed E-state index contributed by atoms with van der Waals surface area (Å²) in [5.74, 6) is 1.19. The van der Waals surface area contributed by atoms with Crippen molar-refractivity contribution in [2.24, 2.45) is 5.92 Å². The van der Waals surface area contributed by atoms with E-state index in [2.05, 4.69) is 24.8 Å². The molecule has 0 spiro atoms. The summed E-state index contributed by atoms with van der Waals surface area (Å²) >= 11 is 0. The summed E-state index contributed by atoms with van der Waals surface area (Å²) in [5, 5.41) is 8.70. The molecule has 0 amide bonds. The van der Waals surface area contributed by atoms with Crippen LogP contribution in [0.15, 0.2) is 24.3 Å². The molecule has 114 valence electrons. The van der Waals surface area contributed by atoms with E-state index in [0.717, 1.165) is 19.6 Å². The minimum atomic E-state index is 0.00844. The molecule has 0 fully saturated rings. The molecule has 0 aliphatic heterocycles. The number of nitrogens with zero attached hydrogens (tertiary/aromatic N) is 2. The largest absolute Gasteiger partial charge is 0.491 e. The Morgan fingerprint density at radius 3 is 2.67 bits per heavy atom. The Labute approximate surface area is 127 Å². The average Bonchev–Trinajstić information content (AvgIpc) is 2.44. The third-order valence-corrected chi connectivity index (χ3v) is 3.09. The molecule has 0 aliphatic rings. The summed E-state index contributed by atoms with van der Waals surface area (Å²) in [6, 6.07) is 9.47. The van der Waals surface area contributed by atoms with Gasteiger partial charge in [-0.25, -0.2) is 0 Å². The highest BCUT2D eigenvalue weighted by Crippen LogP contribution is 2.18. The second-order valence-corrected chi connectivity index (χ2v) is 5.50. The number of Topliss-reactive ketones (excluding diaryl/α,β-unsaturated/α-hetero) is 1. The van der Waals surface area contributed by atoms with Gasteiger partial charge in [0.1, 0.15) is 12.4 Å². The van der Waals surface area contributed by atoms with Crippen molar-refractivity contribution in [1.82, 2.24) is 4.90 Å². The van der Waals surface area contributed by atoms with Crippen molar-refractivity contribution < 1.29 is 9.53 Å². The van der Waals surface area contributed by atoms with Crippen LogP contribution in [0.4, 0.5) is 0 Å². The van der Waals surface area contributed by atoms with Gasteiger partial charge in [-0.1, -0.05) is 26.0 Å². The van der Waals surface area contributed by atoms with Crippen molar-refractivity contribution in [2.45, 2.75) is 27.2 Å². The minimum Gasteiger partial charge on any atom is -0.491 e. The highest BCUT2D eigenvalue weighted by Gasteiger charge is 2.10. The van der Waals surface area contributed by atoms with Crippen LogP contribution in [0.1, 0.15) is 37.6 Å². The Kier molecular flexibility index (Phi) is 7.49. The smallest absolute Gasteiger partial charge is 0.163 e. The summed E-state index contributed by atoms with van der Waals surface area (Å²) in [6.45, 7) is 8.83. The zero-order valence-corrected chi connectivity index (χ0v) is 13.1. The normalized spacial score (nSPS) is 10.7. The van der Waals surface area contributed by atoms with Crippen molar-refractivity contribution >= 4 is 5.78 Å². The van der Waals surface area contributed by atoms with Gasteiger partial charge in [0.05, 0.1) is 11.6 Å². The van der Waals surface area contributed by atoms with Gasteiger partial charge in [-0.05, 0) is 25.0 Å². The molecule has 1 aromatic carbocycles. The van der Waals surface area contributed by atoms with Crippen molar-refractivity contribution in [2.75, 3.05) is 26.2 Å². The molecule has 0 saturated heterocycles. The lowest BCUT2D eigenvalue weighted by Crippen LogP contribution is -2.32. The molecule has 0 aromatic heterocycles. The topological polar surface area (TPSA) is 53.3 Å². The maximum absolute atomic E-state index is 11.5. The fourth-order valence-electron chi connectivity index (χ4n) is 2.19. The first-order chi connectivity index (χ1) is 10.0. The van der Waals surface area contributed by atoms with E-state index in [0.29, 0.717) is 30.3 Å². The van der Waals surface area contributed by atoms with Gasteiger partial charge in [0.25, 0.3) is 0 Å². The predicted octanol–water partition coefficient (Wildman–Crippen LogP) is 3.14. The molecule has 0 atom stereocenters. The van der Waals surface area contributed by atoms with Crippen LogP contribution < -0.4 is 4.74 Å². The molecule has 4 heteroatoms. The van der Waals surface area contributed by atoms with E-state index in [9.17, 15) is 4.79 Å². The molecule has 0 heterocycles. The second kappa shape index (κ2) is 9.15. The van der Waals surface area contributed by atoms with Gasteiger partial charge in [-0.15, -0.1) is 0 Å². The Morgan fingerprint density at radius 1 is 1.33 bits per heavy atom. The van der Waals surface area contributed by atoms with E-state index < -0.39 is 0 Å². The van der Waals surface area contributed by atoms with Gasteiger partial charge in [-0.2, -0.15) is 5.26 Å². The molecule has 1 rings (SSSR count). The fourth-order valence-corrected chi connectivity index (χ4v) is 2.19. The third kappa shape index (κ3) is 6.42. The van der Waals surface area contributed by atoms with Crippen molar-refractivity contribution in [1.29, 1.82) is 5.26 Å². The van der Waals surface area contributed by atoms with Gasteiger partial charge in [0.15, 0.2) is 5.78 Å². The molecule has 4 nitrogen and oxygen atoms in total. The SMILES string of the molecule is CC(=O)c1ccccc1OCCN(CCC#N)CC(C)C. The van der Waals surface area contributed by atoms with E-state index in [1.807, 2.05) is 18.2 Å². The monoisotopic (exact) mass is 288 g/mol. The van der Waals surface area contributed by atoms with Crippen molar-refractivity contribution in [3.63, 3.8) is 0 Å². The Morgan fingerprint density at radius 2 is 2.05 bits per heavy atom. The summed E-state index contributed by atoms with van der Waals surface area (Å²) in [4.78, 5) is 13.8. The maximum atomic E-state index is 11.5. The number of carbonyl (C=O) groups is 1. The molecular formula is C17H24N2O2. The van der Waals surface area contributed by atoms with E-state index in [-0.39, 0.29) is 5.78 Å². The zero-order chi connectivity index (χ0) is 15.7. The molecule has 0 saturated carbocycles. The van der Waals surface area contributed by atoms with Crippen LogP contribution >= 0.6 is 0 Å². The van der Waals surface area contributed by atoms with Crippen LogP contribution in [0.5, 0.6) is 5.75 Å². The van der Waals surface area contributed by atoms with E-state index in [4.69, 9.17) is 10.00 Å². The van der Waals surface area contributed by atoms with Crippen LogP contribution in [0.25, 0.3) is 0 Å². The molecule has 0 radical (unpaired) electrons.